The van der Waals surface area contributed by atoms with Crippen LogP contribution in [0.2, 0.25) is 0 Å². The number of halogens is 3. The molecular formula is C18H18F3NO2. The van der Waals surface area contributed by atoms with Crippen molar-refractivity contribution < 1.29 is 22.7 Å². The summed E-state index contributed by atoms with van der Waals surface area (Å²) in [7, 11) is 0. The van der Waals surface area contributed by atoms with Crippen LogP contribution in [0.5, 0.6) is 0 Å². The first-order chi connectivity index (χ1) is 11.3. The number of hydrogen-bond donors (Lipinski definition) is 1. The van der Waals surface area contributed by atoms with Crippen LogP contribution in [0.1, 0.15) is 30.5 Å². The third-order valence-corrected chi connectivity index (χ3v) is 3.53. The third kappa shape index (κ3) is 4.58. The summed E-state index contributed by atoms with van der Waals surface area (Å²) in [5.41, 5.74) is 7.00. The van der Waals surface area contributed by atoms with Crippen molar-refractivity contribution in [3.63, 3.8) is 0 Å². The lowest BCUT2D eigenvalue weighted by Crippen LogP contribution is -2.17. The first-order valence-corrected chi connectivity index (χ1v) is 7.50. The smallest absolute Gasteiger partial charge is 0.416 e. The molecule has 6 heteroatoms. The van der Waals surface area contributed by atoms with Crippen molar-refractivity contribution in [2.45, 2.75) is 25.6 Å². The lowest BCUT2D eigenvalue weighted by molar-refractivity contribution is -0.143. The second-order valence-electron chi connectivity index (χ2n) is 5.32. The van der Waals surface area contributed by atoms with Gasteiger partial charge in [0.05, 0.1) is 18.6 Å². The molecule has 2 rings (SSSR count). The summed E-state index contributed by atoms with van der Waals surface area (Å²) in [5.74, 6) is -0.408. The van der Waals surface area contributed by atoms with Crippen LogP contribution in [-0.4, -0.2) is 12.6 Å². The van der Waals surface area contributed by atoms with E-state index in [4.69, 9.17) is 10.5 Å². The fraction of sp³-hybridized carbons (Fsp3) is 0.278. The number of nitrogens with two attached hydrogens (primary N) is 1. The van der Waals surface area contributed by atoms with E-state index in [2.05, 4.69) is 0 Å². The largest absolute Gasteiger partial charge is 0.466 e. The molecule has 0 saturated carbocycles. The van der Waals surface area contributed by atoms with E-state index in [0.29, 0.717) is 16.7 Å². The predicted octanol–water partition coefficient (Wildman–Crippen LogP) is 4.33. The molecule has 0 bridgehead atoms. The molecule has 128 valence electrons. The lowest BCUT2D eigenvalue weighted by atomic mass is 9.97. The van der Waals surface area contributed by atoms with Crippen LogP contribution in [0.15, 0.2) is 48.5 Å². The normalized spacial score (nSPS) is 12.7. The molecule has 0 aromatic heterocycles. The van der Waals surface area contributed by atoms with Crippen molar-refractivity contribution in [1.29, 1.82) is 0 Å². The van der Waals surface area contributed by atoms with Crippen LogP contribution in [0, 0.1) is 0 Å². The molecule has 0 spiro atoms. The van der Waals surface area contributed by atoms with Crippen LogP contribution in [-0.2, 0) is 15.7 Å². The minimum atomic E-state index is -4.39. The van der Waals surface area contributed by atoms with Crippen LogP contribution in [0.3, 0.4) is 0 Å². The number of carbonyl (C=O) groups excluding carboxylic acids is 1. The Balaban J connectivity index is 2.26. The molecule has 3 nitrogen and oxygen atoms in total. The maximum Gasteiger partial charge on any atom is 0.416 e. The highest BCUT2D eigenvalue weighted by Crippen LogP contribution is 2.32. The van der Waals surface area contributed by atoms with E-state index in [1.54, 1.807) is 37.3 Å². The molecule has 1 unspecified atom stereocenters. The minimum Gasteiger partial charge on any atom is -0.466 e. The van der Waals surface area contributed by atoms with Gasteiger partial charge in [-0.05, 0) is 41.8 Å². The predicted molar refractivity (Wildman–Crippen MR) is 85.1 cm³/mol. The van der Waals surface area contributed by atoms with Gasteiger partial charge in [-0.1, -0.05) is 30.3 Å². The minimum absolute atomic E-state index is 0.0138. The van der Waals surface area contributed by atoms with Crippen LogP contribution in [0.25, 0.3) is 11.1 Å². The van der Waals surface area contributed by atoms with Gasteiger partial charge in [-0.3, -0.25) is 4.79 Å². The van der Waals surface area contributed by atoms with Crippen molar-refractivity contribution >= 4 is 5.97 Å². The Labute approximate surface area is 138 Å². The Morgan fingerprint density at radius 1 is 1.12 bits per heavy atom. The van der Waals surface area contributed by atoms with E-state index < -0.39 is 23.8 Å². The fourth-order valence-electron chi connectivity index (χ4n) is 2.34. The molecule has 0 aliphatic carbocycles. The average molecular weight is 337 g/mol. The zero-order chi connectivity index (χ0) is 17.7. The lowest BCUT2D eigenvalue weighted by Gasteiger charge is -2.13. The molecule has 0 radical (unpaired) electrons. The van der Waals surface area contributed by atoms with Gasteiger partial charge in [-0.25, -0.2) is 0 Å². The Morgan fingerprint density at radius 2 is 1.75 bits per heavy atom. The summed E-state index contributed by atoms with van der Waals surface area (Å²) in [4.78, 5) is 11.5. The molecule has 0 saturated heterocycles. The number of carbonyl (C=O) groups is 1. The molecule has 2 aromatic carbocycles. The van der Waals surface area contributed by atoms with Crippen molar-refractivity contribution in [3.8, 4) is 11.1 Å². The van der Waals surface area contributed by atoms with E-state index in [1.165, 1.54) is 6.07 Å². The Morgan fingerprint density at radius 3 is 2.38 bits per heavy atom. The summed E-state index contributed by atoms with van der Waals surface area (Å²) < 4.78 is 43.4. The maximum atomic E-state index is 12.8. The molecule has 0 aliphatic heterocycles. The molecule has 0 fully saturated rings. The van der Waals surface area contributed by atoms with Gasteiger partial charge in [0.2, 0.25) is 0 Å². The van der Waals surface area contributed by atoms with E-state index in [9.17, 15) is 18.0 Å². The van der Waals surface area contributed by atoms with Gasteiger partial charge >= 0.3 is 12.1 Å². The Bertz CT molecular complexity index is 713. The third-order valence-electron chi connectivity index (χ3n) is 3.53. The molecule has 24 heavy (non-hydrogen) atoms. The number of esters is 1. The number of ether oxygens (including phenoxy) is 1. The van der Waals surface area contributed by atoms with Gasteiger partial charge in [0, 0.05) is 6.04 Å². The summed E-state index contributed by atoms with van der Waals surface area (Å²) in [5, 5.41) is 0. The van der Waals surface area contributed by atoms with E-state index in [0.717, 1.165) is 12.1 Å². The molecule has 2 aromatic rings. The van der Waals surface area contributed by atoms with Crippen molar-refractivity contribution in [3.05, 3.63) is 59.7 Å². The molecule has 0 aliphatic rings. The van der Waals surface area contributed by atoms with Gasteiger partial charge in [-0.2, -0.15) is 13.2 Å². The van der Waals surface area contributed by atoms with Crippen molar-refractivity contribution in [2.75, 3.05) is 6.61 Å². The van der Waals surface area contributed by atoms with Crippen LogP contribution >= 0.6 is 0 Å². The second-order valence-corrected chi connectivity index (χ2v) is 5.32. The van der Waals surface area contributed by atoms with Crippen LogP contribution in [0.4, 0.5) is 13.2 Å². The SMILES string of the molecule is CCOC(=O)CC(N)c1cccc(-c2cccc(C(F)(F)F)c2)c1. The Hall–Kier alpha value is -2.34. The number of hydrogen-bond acceptors (Lipinski definition) is 3. The topological polar surface area (TPSA) is 52.3 Å². The van der Waals surface area contributed by atoms with Gasteiger partial charge < -0.3 is 10.5 Å². The van der Waals surface area contributed by atoms with E-state index in [1.807, 2.05) is 0 Å². The zero-order valence-electron chi connectivity index (χ0n) is 13.1. The highest BCUT2D eigenvalue weighted by Gasteiger charge is 2.30. The second kappa shape index (κ2) is 7.49. The average Bonchev–Trinajstić information content (AvgIpc) is 2.54. The molecule has 0 heterocycles. The first-order valence-electron chi connectivity index (χ1n) is 7.50. The zero-order valence-corrected chi connectivity index (χ0v) is 13.1. The van der Waals surface area contributed by atoms with E-state index >= 15 is 0 Å². The van der Waals surface area contributed by atoms with Crippen molar-refractivity contribution in [1.82, 2.24) is 0 Å². The number of benzene rings is 2. The molecule has 2 N–H and O–H groups in total. The number of alkyl halides is 3. The summed E-state index contributed by atoms with van der Waals surface area (Å²) in [6.07, 6.45) is -4.38. The summed E-state index contributed by atoms with van der Waals surface area (Å²) in [6, 6.07) is 11.4. The van der Waals surface area contributed by atoms with E-state index in [-0.39, 0.29) is 13.0 Å². The molecule has 1 atom stereocenters. The number of rotatable bonds is 5. The quantitative estimate of drug-likeness (QED) is 0.827. The van der Waals surface area contributed by atoms with Crippen LogP contribution < -0.4 is 5.73 Å². The van der Waals surface area contributed by atoms with Gasteiger partial charge in [-0.15, -0.1) is 0 Å². The molecule has 0 amide bonds. The summed E-state index contributed by atoms with van der Waals surface area (Å²) in [6.45, 7) is 1.98. The fourth-order valence-corrected chi connectivity index (χ4v) is 2.34. The highest BCUT2D eigenvalue weighted by atomic mass is 19.4. The summed E-state index contributed by atoms with van der Waals surface area (Å²) >= 11 is 0. The van der Waals surface area contributed by atoms with Gasteiger partial charge in [0.15, 0.2) is 0 Å². The maximum absolute atomic E-state index is 12.8. The van der Waals surface area contributed by atoms with Gasteiger partial charge in [0.25, 0.3) is 0 Å². The first kappa shape index (κ1) is 18.0. The Kier molecular flexibility index (Phi) is 5.62. The highest BCUT2D eigenvalue weighted by molar-refractivity contribution is 5.71. The standard InChI is InChI=1S/C18H18F3NO2/c1-2-24-17(23)11-16(22)14-7-3-5-12(9-14)13-6-4-8-15(10-13)18(19,20)21/h3-10,16H,2,11,22H2,1H3. The molecular weight excluding hydrogens is 319 g/mol. The van der Waals surface area contributed by atoms with Crippen molar-refractivity contribution in [2.24, 2.45) is 5.73 Å². The van der Waals surface area contributed by atoms with Gasteiger partial charge in [0.1, 0.15) is 0 Å². The monoisotopic (exact) mass is 337 g/mol.